The molecule has 0 N–H and O–H groups in total. The molecule has 0 amide bonds. The summed E-state index contributed by atoms with van der Waals surface area (Å²) in [5, 5.41) is 0. The third kappa shape index (κ3) is 1.13. The Balaban J connectivity index is 2.98. The number of carbonyl (C=O) groups is 1. The van der Waals surface area contributed by atoms with Crippen LogP contribution in [0.15, 0.2) is 11.1 Å². The fraction of sp³-hybridized carbons (Fsp3) is 0.700. The normalized spacial score (nSPS) is 31.8. The number of carbonyl (C=O) groups excluding carboxylic acids is 1. The van der Waals surface area contributed by atoms with E-state index in [0.717, 1.165) is 12.0 Å². The first-order valence-electron chi connectivity index (χ1n) is 4.33. The number of hydrogen-bond acceptors (Lipinski definition) is 1. The topological polar surface area (TPSA) is 17.1 Å². The van der Waals surface area contributed by atoms with Crippen LogP contribution in [-0.4, -0.2) is 5.78 Å². The molecule has 2 atom stereocenters. The van der Waals surface area contributed by atoms with E-state index < -0.39 is 0 Å². The maximum atomic E-state index is 11.4. The van der Waals surface area contributed by atoms with Gasteiger partial charge in [0.1, 0.15) is 0 Å². The van der Waals surface area contributed by atoms with E-state index in [9.17, 15) is 4.79 Å². The minimum Gasteiger partial charge on any atom is -0.294 e. The molecule has 1 heteroatoms. The van der Waals surface area contributed by atoms with Gasteiger partial charge in [0.15, 0.2) is 5.78 Å². The van der Waals surface area contributed by atoms with Crippen LogP contribution in [0.1, 0.15) is 34.1 Å². The SMILES string of the molecule is CCC1=C(C)C(=O)[C@@H](C)[C@@H]1C. The molecule has 0 unspecified atom stereocenters. The Hall–Kier alpha value is -0.590. The van der Waals surface area contributed by atoms with Gasteiger partial charge < -0.3 is 0 Å². The van der Waals surface area contributed by atoms with Crippen molar-refractivity contribution in [3.8, 4) is 0 Å². The van der Waals surface area contributed by atoms with E-state index in [4.69, 9.17) is 0 Å². The fourth-order valence-electron chi connectivity index (χ4n) is 1.96. The molecule has 0 spiro atoms. The minimum absolute atomic E-state index is 0.227. The molecule has 1 aliphatic rings. The van der Waals surface area contributed by atoms with E-state index >= 15 is 0 Å². The second-order valence-electron chi connectivity index (χ2n) is 3.45. The first-order chi connectivity index (χ1) is 5.09. The van der Waals surface area contributed by atoms with Gasteiger partial charge in [0.2, 0.25) is 0 Å². The number of ketones is 1. The highest BCUT2D eigenvalue weighted by Gasteiger charge is 2.32. The molecule has 0 heterocycles. The largest absolute Gasteiger partial charge is 0.294 e. The molecule has 62 valence electrons. The van der Waals surface area contributed by atoms with Gasteiger partial charge in [-0.15, -0.1) is 0 Å². The van der Waals surface area contributed by atoms with E-state index in [1.807, 2.05) is 13.8 Å². The van der Waals surface area contributed by atoms with Crippen LogP contribution in [-0.2, 0) is 4.79 Å². The van der Waals surface area contributed by atoms with Crippen molar-refractivity contribution in [2.45, 2.75) is 34.1 Å². The lowest BCUT2D eigenvalue weighted by Crippen LogP contribution is -2.10. The average molecular weight is 152 g/mol. The van der Waals surface area contributed by atoms with Crippen LogP contribution in [0.2, 0.25) is 0 Å². The van der Waals surface area contributed by atoms with Gasteiger partial charge in [-0.05, 0) is 24.8 Å². The Morgan fingerprint density at radius 3 is 2.00 bits per heavy atom. The van der Waals surface area contributed by atoms with Crippen molar-refractivity contribution >= 4 is 5.78 Å². The van der Waals surface area contributed by atoms with Gasteiger partial charge in [0.25, 0.3) is 0 Å². The zero-order valence-corrected chi connectivity index (χ0v) is 7.77. The molecule has 1 rings (SSSR count). The molecule has 0 aromatic rings. The van der Waals surface area contributed by atoms with Crippen LogP contribution >= 0.6 is 0 Å². The third-order valence-electron chi connectivity index (χ3n) is 2.95. The smallest absolute Gasteiger partial charge is 0.161 e. The standard InChI is InChI=1S/C10H16O/c1-5-9-6(2)7(3)10(11)8(9)4/h6-7H,5H2,1-4H3/t6-,7-/m0/s1. The molecule has 0 radical (unpaired) electrons. The zero-order valence-electron chi connectivity index (χ0n) is 7.77. The summed E-state index contributed by atoms with van der Waals surface area (Å²) in [5.41, 5.74) is 2.38. The lowest BCUT2D eigenvalue weighted by atomic mass is 9.93. The van der Waals surface area contributed by atoms with Crippen molar-refractivity contribution in [3.63, 3.8) is 0 Å². The molecule has 0 aromatic heterocycles. The number of Topliss-reactive ketones (excluding diaryl/α,β-unsaturated/α-hetero) is 1. The number of allylic oxidation sites excluding steroid dienone is 2. The van der Waals surface area contributed by atoms with Gasteiger partial charge in [-0.1, -0.05) is 26.3 Å². The van der Waals surface area contributed by atoms with E-state index in [-0.39, 0.29) is 5.92 Å². The molecule has 0 aliphatic heterocycles. The molecule has 0 saturated carbocycles. The Labute approximate surface area is 68.5 Å². The Morgan fingerprint density at radius 2 is 1.82 bits per heavy atom. The lowest BCUT2D eigenvalue weighted by molar-refractivity contribution is -0.118. The molecule has 0 bridgehead atoms. The molecule has 11 heavy (non-hydrogen) atoms. The molecular formula is C10H16O. The van der Waals surface area contributed by atoms with Gasteiger partial charge >= 0.3 is 0 Å². The van der Waals surface area contributed by atoms with Crippen LogP contribution in [0.4, 0.5) is 0 Å². The van der Waals surface area contributed by atoms with Crippen LogP contribution in [0, 0.1) is 11.8 Å². The van der Waals surface area contributed by atoms with Crippen molar-refractivity contribution in [1.82, 2.24) is 0 Å². The van der Waals surface area contributed by atoms with Crippen molar-refractivity contribution in [3.05, 3.63) is 11.1 Å². The highest BCUT2D eigenvalue weighted by molar-refractivity contribution is 6.00. The summed E-state index contributed by atoms with van der Waals surface area (Å²) >= 11 is 0. The second kappa shape index (κ2) is 2.80. The molecule has 0 aromatic carbocycles. The molecule has 1 nitrogen and oxygen atoms in total. The number of hydrogen-bond donors (Lipinski definition) is 0. The van der Waals surface area contributed by atoms with Crippen molar-refractivity contribution in [2.24, 2.45) is 11.8 Å². The predicted molar refractivity (Wildman–Crippen MR) is 46.3 cm³/mol. The van der Waals surface area contributed by atoms with Crippen LogP contribution in [0.3, 0.4) is 0 Å². The molecule has 0 fully saturated rings. The molecule has 0 saturated heterocycles. The van der Waals surface area contributed by atoms with Gasteiger partial charge in [-0.25, -0.2) is 0 Å². The van der Waals surface area contributed by atoms with Crippen LogP contribution in [0.5, 0.6) is 0 Å². The Bertz CT molecular complexity index is 213. The zero-order chi connectivity index (χ0) is 8.59. The maximum absolute atomic E-state index is 11.4. The summed E-state index contributed by atoms with van der Waals surface area (Å²) in [5.74, 6) is 1.06. The van der Waals surface area contributed by atoms with Crippen LogP contribution in [0.25, 0.3) is 0 Å². The Morgan fingerprint density at radius 1 is 1.27 bits per heavy atom. The van der Waals surface area contributed by atoms with E-state index in [2.05, 4.69) is 13.8 Å². The predicted octanol–water partition coefficient (Wildman–Crippen LogP) is 2.57. The van der Waals surface area contributed by atoms with Gasteiger partial charge in [0.05, 0.1) is 0 Å². The lowest BCUT2D eigenvalue weighted by Gasteiger charge is -2.10. The van der Waals surface area contributed by atoms with Gasteiger partial charge in [-0.2, -0.15) is 0 Å². The Kier molecular flexibility index (Phi) is 2.17. The van der Waals surface area contributed by atoms with Gasteiger partial charge in [0, 0.05) is 5.92 Å². The summed E-state index contributed by atoms with van der Waals surface area (Å²) in [6.45, 7) is 8.26. The highest BCUT2D eigenvalue weighted by Crippen LogP contribution is 2.35. The van der Waals surface area contributed by atoms with Crippen molar-refractivity contribution in [1.29, 1.82) is 0 Å². The average Bonchev–Trinajstić information content (AvgIpc) is 2.17. The third-order valence-corrected chi connectivity index (χ3v) is 2.95. The summed E-state index contributed by atoms with van der Waals surface area (Å²) in [4.78, 5) is 11.4. The second-order valence-corrected chi connectivity index (χ2v) is 3.45. The summed E-state index contributed by atoms with van der Waals surface area (Å²) in [6.07, 6.45) is 1.03. The van der Waals surface area contributed by atoms with E-state index in [1.165, 1.54) is 5.57 Å². The summed E-state index contributed by atoms with van der Waals surface area (Å²) < 4.78 is 0. The van der Waals surface area contributed by atoms with Crippen molar-refractivity contribution in [2.75, 3.05) is 0 Å². The van der Waals surface area contributed by atoms with E-state index in [1.54, 1.807) is 0 Å². The fourth-order valence-corrected chi connectivity index (χ4v) is 1.96. The van der Waals surface area contributed by atoms with Crippen LogP contribution < -0.4 is 0 Å². The summed E-state index contributed by atoms with van der Waals surface area (Å²) in [6, 6.07) is 0. The quantitative estimate of drug-likeness (QED) is 0.564. The van der Waals surface area contributed by atoms with Gasteiger partial charge in [-0.3, -0.25) is 4.79 Å². The van der Waals surface area contributed by atoms with E-state index in [0.29, 0.717) is 11.7 Å². The monoisotopic (exact) mass is 152 g/mol. The first kappa shape index (κ1) is 8.51. The maximum Gasteiger partial charge on any atom is 0.161 e. The highest BCUT2D eigenvalue weighted by atomic mass is 16.1. The molecule has 1 aliphatic carbocycles. The number of rotatable bonds is 1. The van der Waals surface area contributed by atoms with Crippen molar-refractivity contribution < 1.29 is 4.79 Å². The molecular weight excluding hydrogens is 136 g/mol. The summed E-state index contributed by atoms with van der Waals surface area (Å²) in [7, 11) is 0. The first-order valence-corrected chi connectivity index (χ1v) is 4.33. The minimum atomic E-state index is 0.227.